The molecule has 6 heteroatoms. The van der Waals surface area contributed by atoms with E-state index in [1.165, 1.54) is 0 Å². The van der Waals surface area contributed by atoms with Gasteiger partial charge in [0.25, 0.3) is 0 Å². The molecule has 0 aromatic carbocycles. The maximum atomic E-state index is 9.98. The molecule has 0 aromatic rings. The van der Waals surface area contributed by atoms with Crippen LogP contribution in [-0.4, -0.2) is 55.0 Å². The predicted octanol–water partition coefficient (Wildman–Crippen LogP) is -0.595. The molecule has 1 atom stereocenters. The van der Waals surface area contributed by atoms with Crippen LogP contribution in [0, 0.1) is 0 Å². The Morgan fingerprint density at radius 2 is 2.53 bits per heavy atom. The fourth-order valence-electron chi connectivity index (χ4n) is 1.29. The average molecular weight is 233 g/mol. The lowest BCUT2D eigenvalue weighted by atomic mass is 10.1. The average Bonchev–Trinajstić information content (AvgIpc) is 2.64. The number of nitrogens with one attached hydrogen (secondary N) is 1. The number of hydrogen-bond donors (Lipinski definition) is 3. The van der Waals surface area contributed by atoms with Crippen molar-refractivity contribution >= 4 is 17.7 Å². The first-order chi connectivity index (χ1) is 7.16. The van der Waals surface area contributed by atoms with E-state index >= 15 is 0 Å². The molecule has 1 fully saturated rings. The minimum Gasteiger partial charge on any atom is -0.387 e. The Bertz CT molecular complexity index is 217. The van der Waals surface area contributed by atoms with E-state index < -0.39 is 5.60 Å². The molecular formula is C9H19N3O2S. The summed E-state index contributed by atoms with van der Waals surface area (Å²) < 4.78 is 4.86. The first-order valence-electron chi connectivity index (χ1n) is 4.99. The predicted molar refractivity (Wildman–Crippen MR) is 63.3 cm³/mol. The van der Waals surface area contributed by atoms with Crippen LogP contribution in [0.15, 0.2) is 4.99 Å². The molecule has 4 N–H and O–H groups in total. The van der Waals surface area contributed by atoms with E-state index in [0.29, 0.717) is 25.7 Å². The summed E-state index contributed by atoms with van der Waals surface area (Å²) in [6.07, 6.45) is 0.798. The van der Waals surface area contributed by atoms with Crippen LogP contribution in [0.2, 0.25) is 0 Å². The summed E-state index contributed by atoms with van der Waals surface area (Å²) in [6, 6.07) is 0. The molecular weight excluding hydrogens is 214 g/mol. The number of nitrogens with zero attached hydrogens (tertiary/aromatic N) is 1. The largest absolute Gasteiger partial charge is 0.387 e. The van der Waals surface area contributed by atoms with Crippen LogP contribution >= 0.6 is 11.8 Å². The van der Waals surface area contributed by atoms with Gasteiger partial charge in [0, 0.05) is 19.4 Å². The highest BCUT2D eigenvalue weighted by Gasteiger charge is 2.31. The molecule has 15 heavy (non-hydrogen) atoms. The van der Waals surface area contributed by atoms with Gasteiger partial charge in [-0.2, -0.15) is 11.8 Å². The monoisotopic (exact) mass is 233 g/mol. The first-order valence-corrected chi connectivity index (χ1v) is 6.15. The second-order valence-corrected chi connectivity index (χ2v) is 4.75. The fourth-order valence-corrected chi connectivity index (χ4v) is 2.57. The van der Waals surface area contributed by atoms with Crippen LogP contribution in [0.1, 0.15) is 6.42 Å². The normalized spacial score (nSPS) is 26.9. The molecule has 1 heterocycles. The molecule has 0 bridgehead atoms. The smallest absolute Gasteiger partial charge is 0.188 e. The van der Waals surface area contributed by atoms with Crippen LogP contribution in [0.3, 0.4) is 0 Å². The molecule has 1 unspecified atom stereocenters. The van der Waals surface area contributed by atoms with Crippen molar-refractivity contribution in [2.45, 2.75) is 12.0 Å². The van der Waals surface area contributed by atoms with Gasteiger partial charge in [0.2, 0.25) is 0 Å². The number of aliphatic imine (C=N–C) groups is 1. The van der Waals surface area contributed by atoms with E-state index in [-0.39, 0.29) is 0 Å². The maximum Gasteiger partial charge on any atom is 0.188 e. The Balaban J connectivity index is 2.23. The number of aliphatic hydroxyl groups is 1. The summed E-state index contributed by atoms with van der Waals surface area (Å²) in [7, 11) is 1.63. The molecule has 1 aliphatic heterocycles. The van der Waals surface area contributed by atoms with E-state index in [9.17, 15) is 5.11 Å². The number of guanidine groups is 1. The Morgan fingerprint density at radius 1 is 1.73 bits per heavy atom. The summed E-state index contributed by atoms with van der Waals surface area (Å²) in [5.41, 5.74) is 4.96. The van der Waals surface area contributed by atoms with E-state index in [1.54, 1.807) is 18.9 Å². The van der Waals surface area contributed by atoms with Crippen molar-refractivity contribution in [3.8, 4) is 0 Å². The van der Waals surface area contributed by atoms with Gasteiger partial charge in [-0.1, -0.05) is 0 Å². The number of hydrogen-bond acceptors (Lipinski definition) is 4. The van der Waals surface area contributed by atoms with E-state index in [4.69, 9.17) is 10.5 Å². The maximum absolute atomic E-state index is 9.98. The molecule has 0 saturated carbocycles. The molecule has 0 radical (unpaired) electrons. The number of ether oxygens (including phenoxy) is 1. The summed E-state index contributed by atoms with van der Waals surface area (Å²) in [5.74, 6) is 2.13. The SMILES string of the molecule is COCCNC(N)=NCC1(O)CCSC1. The second kappa shape index (κ2) is 6.19. The van der Waals surface area contributed by atoms with Crippen molar-refractivity contribution in [2.75, 3.05) is 38.3 Å². The Hall–Kier alpha value is -0.460. The summed E-state index contributed by atoms with van der Waals surface area (Å²) in [6.45, 7) is 1.61. The van der Waals surface area contributed by atoms with Crippen molar-refractivity contribution in [1.29, 1.82) is 0 Å². The van der Waals surface area contributed by atoms with Crippen LogP contribution in [0.5, 0.6) is 0 Å². The molecule has 1 rings (SSSR count). The number of rotatable bonds is 5. The second-order valence-electron chi connectivity index (χ2n) is 3.65. The van der Waals surface area contributed by atoms with Gasteiger partial charge in [0.05, 0.1) is 18.8 Å². The molecule has 1 saturated heterocycles. The minimum absolute atomic E-state index is 0.373. The van der Waals surface area contributed by atoms with Crippen LogP contribution in [0.4, 0.5) is 0 Å². The van der Waals surface area contributed by atoms with Crippen molar-refractivity contribution in [1.82, 2.24) is 5.32 Å². The number of methoxy groups -OCH3 is 1. The van der Waals surface area contributed by atoms with Gasteiger partial charge in [0.15, 0.2) is 5.96 Å². The van der Waals surface area contributed by atoms with Gasteiger partial charge in [-0.3, -0.25) is 4.99 Å². The summed E-state index contributed by atoms with van der Waals surface area (Å²) >= 11 is 1.75. The van der Waals surface area contributed by atoms with Gasteiger partial charge in [-0.15, -0.1) is 0 Å². The zero-order valence-electron chi connectivity index (χ0n) is 9.03. The summed E-state index contributed by atoms with van der Waals surface area (Å²) in [4.78, 5) is 4.11. The van der Waals surface area contributed by atoms with Crippen LogP contribution in [-0.2, 0) is 4.74 Å². The Kier molecular flexibility index (Phi) is 5.21. The minimum atomic E-state index is -0.655. The quantitative estimate of drug-likeness (QED) is 0.336. The van der Waals surface area contributed by atoms with Crippen molar-refractivity contribution in [3.05, 3.63) is 0 Å². The Morgan fingerprint density at radius 3 is 3.13 bits per heavy atom. The van der Waals surface area contributed by atoms with E-state index in [1.807, 2.05) is 0 Å². The first kappa shape index (κ1) is 12.6. The topological polar surface area (TPSA) is 79.9 Å². The Labute approximate surface area is 94.5 Å². The molecule has 0 aliphatic carbocycles. The van der Waals surface area contributed by atoms with Gasteiger partial charge >= 0.3 is 0 Å². The van der Waals surface area contributed by atoms with Gasteiger partial charge < -0.3 is 20.9 Å². The molecule has 1 aliphatic rings. The lowest BCUT2D eigenvalue weighted by Crippen LogP contribution is -2.38. The molecule has 0 aromatic heterocycles. The van der Waals surface area contributed by atoms with E-state index in [2.05, 4.69) is 10.3 Å². The van der Waals surface area contributed by atoms with Crippen molar-refractivity contribution in [2.24, 2.45) is 10.7 Å². The third-order valence-corrected chi connectivity index (χ3v) is 3.47. The standard InChI is InChI=1S/C9H19N3O2S/c1-14-4-3-11-8(10)12-6-9(13)2-5-15-7-9/h13H,2-7H2,1H3,(H3,10,11,12). The molecule has 5 nitrogen and oxygen atoms in total. The van der Waals surface area contributed by atoms with Gasteiger partial charge in [0.1, 0.15) is 0 Å². The van der Waals surface area contributed by atoms with Crippen molar-refractivity contribution in [3.63, 3.8) is 0 Å². The zero-order chi connectivity index (χ0) is 11.1. The van der Waals surface area contributed by atoms with Crippen LogP contribution < -0.4 is 11.1 Å². The highest BCUT2D eigenvalue weighted by atomic mass is 32.2. The molecule has 88 valence electrons. The highest BCUT2D eigenvalue weighted by Crippen LogP contribution is 2.27. The fraction of sp³-hybridized carbons (Fsp3) is 0.889. The lowest BCUT2D eigenvalue weighted by molar-refractivity contribution is 0.0779. The highest BCUT2D eigenvalue weighted by molar-refractivity contribution is 7.99. The van der Waals surface area contributed by atoms with Gasteiger partial charge in [-0.05, 0) is 12.2 Å². The van der Waals surface area contributed by atoms with Crippen LogP contribution in [0.25, 0.3) is 0 Å². The third-order valence-electron chi connectivity index (χ3n) is 2.24. The third kappa shape index (κ3) is 4.72. The van der Waals surface area contributed by atoms with E-state index in [0.717, 1.165) is 17.9 Å². The lowest BCUT2D eigenvalue weighted by Gasteiger charge is -2.18. The number of thioether (sulfide) groups is 1. The number of nitrogens with two attached hydrogens (primary N) is 1. The van der Waals surface area contributed by atoms with Gasteiger partial charge in [-0.25, -0.2) is 0 Å². The molecule has 0 amide bonds. The zero-order valence-corrected chi connectivity index (χ0v) is 9.85. The van der Waals surface area contributed by atoms with Crippen molar-refractivity contribution < 1.29 is 9.84 Å². The molecule has 0 spiro atoms. The summed E-state index contributed by atoms with van der Waals surface area (Å²) in [5, 5.41) is 12.9.